The third-order valence-electron chi connectivity index (χ3n) is 5.76. The van der Waals surface area contributed by atoms with Crippen molar-refractivity contribution >= 4 is 21.5 Å². The monoisotopic (exact) mass is 385 g/mol. The van der Waals surface area contributed by atoms with Gasteiger partial charge in [-0.05, 0) is 33.7 Å². The van der Waals surface area contributed by atoms with Crippen LogP contribution in [-0.4, -0.2) is 41.4 Å². The van der Waals surface area contributed by atoms with Gasteiger partial charge in [-0.2, -0.15) is 0 Å². The van der Waals surface area contributed by atoms with Crippen LogP contribution in [0.25, 0.3) is 32.7 Å². The maximum atomic E-state index is 11.4. The minimum Gasteiger partial charge on any atom is -0.507 e. The van der Waals surface area contributed by atoms with Gasteiger partial charge in [-0.3, -0.25) is 4.90 Å². The van der Waals surface area contributed by atoms with Crippen LogP contribution in [-0.2, 0) is 11.3 Å². The lowest BCUT2D eigenvalue weighted by molar-refractivity contribution is 0.0339. The molecule has 0 unspecified atom stereocenters. The zero-order valence-corrected chi connectivity index (χ0v) is 16.1. The summed E-state index contributed by atoms with van der Waals surface area (Å²) in [6, 6.07) is 21.7. The highest BCUT2D eigenvalue weighted by atomic mass is 16.5. The molecule has 0 spiro atoms. The highest BCUT2D eigenvalue weighted by Crippen LogP contribution is 2.46. The van der Waals surface area contributed by atoms with Crippen LogP contribution in [0, 0.1) is 0 Å². The number of ether oxygens (including phenoxy) is 1. The molecule has 0 aromatic heterocycles. The van der Waals surface area contributed by atoms with Crippen LogP contribution >= 0.6 is 0 Å². The Bertz CT molecular complexity index is 1200. The Morgan fingerprint density at radius 1 is 0.759 bits per heavy atom. The van der Waals surface area contributed by atoms with E-state index in [9.17, 15) is 10.2 Å². The Labute approximate surface area is 169 Å². The van der Waals surface area contributed by atoms with E-state index in [2.05, 4.69) is 17.0 Å². The zero-order chi connectivity index (χ0) is 19.8. The van der Waals surface area contributed by atoms with Crippen LogP contribution in [0.4, 0.5) is 0 Å². The quantitative estimate of drug-likeness (QED) is 0.526. The predicted molar refractivity (Wildman–Crippen MR) is 116 cm³/mol. The molecule has 1 heterocycles. The number of benzene rings is 4. The molecule has 4 aromatic carbocycles. The summed E-state index contributed by atoms with van der Waals surface area (Å²) >= 11 is 0. The second-order valence-electron chi connectivity index (χ2n) is 7.55. The fourth-order valence-electron chi connectivity index (χ4n) is 4.29. The summed E-state index contributed by atoms with van der Waals surface area (Å²) in [6.07, 6.45) is 0. The standard InChI is InChI=1S/C25H23NO3/c27-22-10-9-17-5-1-3-7-20(17)23(22)24-21-8-4-2-6-18(21)15-19(25(24)28)16-26-11-13-29-14-12-26/h1-10,15,27-28H,11-14,16H2. The average Bonchev–Trinajstić information content (AvgIpc) is 2.76. The van der Waals surface area contributed by atoms with Gasteiger partial charge in [0.15, 0.2) is 0 Å². The first-order valence-corrected chi connectivity index (χ1v) is 9.97. The number of aromatic hydroxyl groups is 2. The third kappa shape index (κ3) is 3.20. The van der Waals surface area contributed by atoms with E-state index in [0.717, 1.165) is 40.2 Å². The Balaban J connectivity index is 1.77. The third-order valence-corrected chi connectivity index (χ3v) is 5.76. The molecule has 0 bridgehead atoms. The van der Waals surface area contributed by atoms with Crippen molar-refractivity contribution in [2.24, 2.45) is 0 Å². The molecule has 5 rings (SSSR count). The van der Waals surface area contributed by atoms with Gasteiger partial charge >= 0.3 is 0 Å². The van der Waals surface area contributed by atoms with E-state index in [-0.39, 0.29) is 11.5 Å². The summed E-state index contributed by atoms with van der Waals surface area (Å²) in [7, 11) is 0. The van der Waals surface area contributed by atoms with E-state index in [0.29, 0.717) is 30.9 Å². The van der Waals surface area contributed by atoms with E-state index in [4.69, 9.17) is 4.74 Å². The van der Waals surface area contributed by atoms with E-state index in [1.165, 1.54) is 0 Å². The number of hydrogen-bond donors (Lipinski definition) is 2. The maximum Gasteiger partial charge on any atom is 0.128 e. The number of morpholine rings is 1. The van der Waals surface area contributed by atoms with Crippen LogP contribution in [0.5, 0.6) is 11.5 Å². The summed E-state index contributed by atoms with van der Waals surface area (Å²) in [5.41, 5.74) is 2.24. The molecule has 2 N–H and O–H groups in total. The van der Waals surface area contributed by atoms with Crippen LogP contribution in [0.1, 0.15) is 5.56 Å². The number of rotatable bonds is 3. The van der Waals surface area contributed by atoms with Crippen molar-refractivity contribution in [3.63, 3.8) is 0 Å². The first kappa shape index (κ1) is 18.0. The van der Waals surface area contributed by atoms with Crippen LogP contribution < -0.4 is 0 Å². The fraction of sp³-hybridized carbons (Fsp3) is 0.200. The molecule has 1 fully saturated rings. The van der Waals surface area contributed by atoms with Gasteiger partial charge in [0, 0.05) is 36.3 Å². The first-order chi connectivity index (χ1) is 14.2. The molecule has 146 valence electrons. The Morgan fingerprint density at radius 3 is 2.17 bits per heavy atom. The number of phenolic OH excluding ortho intramolecular Hbond substituents is 2. The summed E-state index contributed by atoms with van der Waals surface area (Å²) in [5.74, 6) is 0.412. The number of phenols is 2. The highest BCUT2D eigenvalue weighted by Gasteiger charge is 2.21. The van der Waals surface area contributed by atoms with Crippen molar-refractivity contribution in [2.45, 2.75) is 6.54 Å². The smallest absolute Gasteiger partial charge is 0.128 e. The van der Waals surface area contributed by atoms with Crippen molar-refractivity contribution < 1.29 is 14.9 Å². The van der Waals surface area contributed by atoms with Gasteiger partial charge in [0.25, 0.3) is 0 Å². The lowest BCUT2D eigenvalue weighted by Gasteiger charge is -2.27. The SMILES string of the molecule is Oc1ccc2ccccc2c1-c1c(O)c(CN2CCOCC2)cc2ccccc12. The minimum absolute atomic E-state index is 0.174. The van der Waals surface area contributed by atoms with E-state index < -0.39 is 0 Å². The molecule has 0 atom stereocenters. The molecule has 0 amide bonds. The second-order valence-corrected chi connectivity index (χ2v) is 7.55. The molecule has 29 heavy (non-hydrogen) atoms. The van der Waals surface area contributed by atoms with Crippen molar-refractivity contribution in [3.8, 4) is 22.6 Å². The van der Waals surface area contributed by atoms with E-state index >= 15 is 0 Å². The van der Waals surface area contributed by atoms with Crippen LogP contribution in [0.15, 0.2) is 66.7 Å². The molecule has 1 saturated heterocycles. The zero-order valence-electron chi connectivity index (χ0n) is 16.1. The molecule has 4 aromatic rings. The van der Waals surface area contributed by atoms with Gasteiger partial charge in [-0.15, -0.1) is 0 Å². The summed E-state index contributed by atoms with van der Waals surface area (Å²) in [5, 5.41) is 26.1. The van der Waals surface area contributed by atoms with Gasteiger partial charge in [-0.25, -0.2) is 0 Å². The number of fused-ring (bicyclic) bond motifs is 2. The van der Waals surface area contributed by atoms with E-state index in [1.54, 1.807) is 6.07 Å². The number of nitrogens with zero attached hydrogens (tertiary/aromatic N) is 1. The fourth-order valence-corrected chi connectivity index (χ4v) is 4.29. The molecule has 1 aliphatic heterocycles. The molecule has 4 heteroatoms. The largest absolute Gasteiger partial charge is 0.507 e. The second kappa shape index (κ2) is 7.39. The lowest BCUT2D eigenvalue weighted by atomic mass is 9.90. The van der Waals surface area contributed by atoms with Crippen molar-refractivity contribution in [1.29, 1.82) is 0 Å². The maximum absolute atomic E-state index is 11.4. The lowest BCUT2D eigenvalue weighted by Crippen LogP contribution is -2.35. The highest BCUT2D eigenvalue weighted by molar-refractivity contribution is 6.10. The Hall–Kier alpha value is -3.08. The summed E-state index contributed by atoms with van der Waals surface area (Å²) in [4.78, 5) is 2.29. The predicted octanol–water partition coefficient (Wildman–Crippen LogP) is 4.90. The van der Waals surface area contributed by atoms with Crippen LogP contribution in [0.2, 0.25) is 0 Å². The van der Waals surface area contributed by atoms with Gasteiger partial charge in [-0.1, -0.05) is 54.6 Å². The molecular formula is C25H23NO3. The first-order valence-electron chi connectivity index (χ1n) is 9.97. The molecule has 4 nitrogen and oxygen atoms in total. The topological polar surface area (TPSA) is 52.9 Å². The number of hydrogen-bond acceptors (Lipinski definition) is 4. The molecule has 0 radical (unpaired) electrons. The van der Waals surface area contributed by atoms with Crippen LogP contribution in [0.3, 0.4) is 0 Å². The van der Waals surface area contributed by atoms with Crippen molar-refractivity contribution in [2.75, 3.05) is 26.3 Å². The minimum atomic E-state index is 0.174. The molecule has 1 aliphatic rings. The van der Waals surface area contributed by atoms with Gasteiger partial charge in [0.05, 0.1) is 13.2 Å². The average molecular weight is 385 g/mol. The van der Waals surface area contributed by atoms with Crippen molar-refractivity contribution in [1.82, 2.24) is 4.90 Å². The van der Waals surface area contributed by atoms with Gasteiger partial charge in [0.2, 0.25) is 0 Å². The summed E-state index contributed by atoms with van der Waals surface area (Å²) in [6.45, 7) is 3.78. The van der Waals surface area contributed by atoms with Gasteiger partial charge < -0.3 is 14.9 Å². The van der Waals surface area contributed by atoms with Gasteiger partial charge in [0.1, 0.15) is 11.5 Å². The molecular weight excluding hydrogens is 362 g/mol. The Morgan fingerprint density at radius 2 is 1.41 bits per heavy atom. The van der Waals surface area contributed by atoms with Crippen molar-refractivity contribution in [3.05, 3.63) is 72.3 Å². The Kier molecular flexibility index (Phi) is 4.58. The normalized spacial score (nSPS) is 15.2. The summed E-state index contributed by atoms with van der Waals surface area (Å²) < 4.78 is 5.46. The molecule has 0 saturated carbocycles. The molecule has 0 aliphatic carbocycles. The van der Waals surface area contributed by atoms with E-state index in [1.807, 2.05) is 48.5 Å².